The summed E-state index contributed by atoms with van der Waals surface area (Å²) in [6.45, 7) is 1.75. The fourth-order valence-corrected chi connectivity index (χ4v) is 3.45. The van der Waals surface area contributed by atoms with Crippen LogP contribution in [-0.4, -0.2) is 13.1 Å². The summed E-state index contributed by atoms with van der Waals surface area (Å²) < 4.78 is 0. The standard InChI is InChI=1S/C26H24N2/c1-5-13-23(14-6-1)27(24-15-7-2-8-16-24)21-22-28(25-17-9-3-10-18-25)26-19-11-4-12-20-26/h1-20H,21-22H2. The van der Waals surface area contributed by atoms with E-state index in [0.717, 1.165) is 13.1 Å². The van der Waals surface area contributed by atoms with E-state index in [4.69, 9.17) is 0 Å². The molecule has 4 aromatic carbocycles. The maximum atomic E-state index is 2.37. The Labute approximate surface area is 167 Å². The highest BCUT2D eigenvalue weighted by atomic mass is 15.2. The molecule has 0 saturated carbocycles. The van der Waals surface area contributed by atoms with Crippen LogP contribution in [0.15, 0.2) is 121 Å². The van der Waals surface area contributed by atoms with Crippen molar-refractivity contribution >= 4 is 22.7 Å². The fraction of sp³-hybridized carbons (Fsp3) is 0.0769. The first kappa shape index (κ1) is 17.9. The van der Waals surface area contributed by atoms with E-state index in [9.17, 15) is 0 Å². The maximum Gasteiger partial charge on any atom is 0.0411 e. The Kier molecular flexibility index (Phi) is 5.69. The number of anilines is 4. The molecule has 0 bridgehead atoms. The zero-order chi connectivity index (χ0) is 19.0. The predicted molar refractivity (Wildman–Crippen MR) is 120 cm³/mol. The largest absolute Gasteiger partial charge is 0.340 e. The molecule has 0 amide bonds. The van der Waals surface area contributed by atoms with Gasteiger partial charge in [0.1, 0.15) is 0 Å². The molecule has 0 aromatic heterocycles. The van der Waals surface area contributed by atoms with E-state index in [-0.39, 0.29) is 0 Å². The van der Waals surface area contributed by atoms with Crippen molar-refractivity contribution in [2.45, 2.75) is 0 Å². The lowest BCUT2D eigenvalue weighted by molar-refractivity contribution is 0.886. The minimum Gasteiger partial charge on any atom is -0.340 e. The summed E-state index contributed by atoms with van der Waals surface area (Å²) in [4.78, 5) is 4.75. The van der Waals surface area contributed by atoms with Crippen LogP contribution in [-0.2, 0) is 0 Å². The molecule has 0 saturated heterocycles. The van der Waals surface area contributed by atoms with Crippen LogP contribution in [0.25, 0.3) is 0 Å². The van der Waals surface area contributed by atoms with Crippen LogP contribution in [0.4, 0.5) is 22.7 Å². The van der Waals surface area contributed by atoms with Crippen LogP contribution in [0, 0.1) is 0 Å². The second-order valence-electron chi connectivity index (χ2n) is 6.65. The second kappa shape index (κ2) is 8.92. The lowest BCUT2D eigenvalue weighted by Gasteiger charge is -2.31. The summed E-state index contributed by atoms with van der Waals surface area (Å²) in [5, 5.41) is 0. The van der Waals surface area contributed by atoms with Crippen molar-refractivity contribution in [3.8, 4) is 0 Å². The van der Waals surface area contributed by atoms with Crippen molar-refractivity contribution in [3.05, 3.63) is 121 Å². The first-order valence-corrected chi connectivity index (χ1v) is 9.67. The average Bonchev–Trinajstić information content (AvgIpc) is 2.79. The Hall–Kier alpha value is -3.52. The molecule has 4 aromatic rings. The Morgan fingerprint density at radius 1 is 0.321 bits per heavy atom. The fourth-order valence-electron chi connectivity index (χ4n) is 3.45. The summed E-state index contributed by atoms with van der Waals surface area (Å²) in [6, 6.07) is 42.4. The molecule has 0 radical (unpaired) electrons. The molecule has 2 nitrogen and oxygen atoms in total. The van der Waals surface area contributed by atoms with Gasteiger partial charge >= 0.3 is 0 Å². The first-order valence-electron chi connectivity index (χ1n) is 9.67. The minimum absolute atomic E-state index is 0.873. The summed E-state index contributed by atoms with van der Waals surface area (Å²) >= 11 is 0. The number of nitrogens with zero attached hydrogens (tertiary/aromatic N) is 2. The highest BCUT2D eigenvalue weighted by molar-refractivity contribution is 5.66. The quantitative estimate of drug-likeness (QED) is 0.362. The lowest BCUT2D eigenvalue weighted by atomic mass is 10.2. The van der Waals surface area contributed by atoms with Gasteiger partial charge < -0.3 is 9.80 Å². The molecule has 0 unspecified atom stereocenters. The van der Waals surface area contributed by atoms with Gasteiger partial charge in [-0.05, 0) is 48.5 Å². The van der Waals surface area contributed by atoms with Gasteiger partial charge in [-0.15, -0.1) is 0 Å². The second-order valence-corrected chi connectivity index (χ2v) is 6.65. The van der Waals surface area contributed by atoms with E-state index in [1.54, 1.807) is 0 Å². The molecule has 0 aliphatic carbocycles. The molecule has 4 rings (SSSR count). The van der Waals surface area contributed by atoms with Crippen molar-refractivity contribution in [2.75, 3.05) is 22.9 Å². The van der Waals surface area contributed by atoms with E-state index in [1.165, 1.54) is 22.7 Å². The minimum atomic E-state index is 0.873. The summed E-state index contributed by atoms with van der Waals surface area (Å²) in [7, 11) is 0. The average molecular weight is 364 g/mol. The monoisotopic (exact) mass is 364 g/mol. The third-order valence-corrected chi connectivity index (χ3v) is 4.82. The zero-order valence-corrected chi connectivity index (χ0v) is 15.9. The van der Waals surface area contributed by atoms with E-state index >= 15 is 0 Å². The molecule has 0 aliphatic rings. The smallest absolute Gasteiger partial charge is 0.0411 e. The van der Waals surface area contributed by atoms with Crippen molar-refractivity contribution in [1.82, 2.24) is 0 Å². The van der Waals surface area contributed by atoms with E-state index in [0.29, 0.717) is 0 Å². The van der Waals surface area contributed by atoms with Crippen molar-refractivity contribution in [2.24, 2.45) is 0 Å². The molecule has 0 spiro atoms. The highest BCUT2D eigenvalue weighted by Crippen LogP contribution is 2.28. The number of hydrogen-bond acceptors (Lipinski definition) is 2. The molecule has 138 valence electrons. The van der Waals surface area contributed by atoms with Gasteiger partial charge in [0.2, 0.25) is 0 Å². The summed E-state index contributed by atoms with van der Waals surface area (Å²) in [6.07, 6.45) is 0. The van der Waals surface area contributed by atoms with Crippen LogP contribution in [0.5, 0.6) is 0 Å². The third-order valence-electron chi connectivity index (χ3n) is 4.82. The molecular formula is C26H24N2. The maximum absolute atomic E-state index is 2.37. The van der Waals surface area contributed by atoms with Crippen LogP contribution in [0.2, 0.25) is 0 Å². The van der Waals surface area contributed by atoms with Gasteiger partial charge in [-0.25, -0.2) is 0 Å². The van der Waals surface area contributed by atoms with Gasteiger partial charge in [-0.2, -0.15) is 0 Å². The van der Waals surface area contributed by atoms with Gasteiger partial charge in [-0.1, -0.05) is 72.8 Å². The molecular weight excluding hydrogens is 340 g/mol. The predicted octanol–water partition coefficient (Wildman–Crippen LogP) is 6.66. The van der Waals surface area contributed by atoms with Gasteiger partial charge in [0.25, 0.3) is 0 Å². The van der Waals surface area contributed by atoms with E-state index in [2.05, 4.69) is 131 Å². The Morgan fingerprint density at radius 2 is 0.536 bits per heavy atom. The zero-order valence-electron chi connectivity index (χ0n) is 15.9. The van der Waals surface area contributed by atoms with Crippen molar-refractivity contribution in [3.63, 3.8) is 0 Å². The molecule has 28 heavy (non-hydrogen) atoms. The SMILES string of the molecule is c1ccc(N(CCN(c2ccccc2)c2ccccc2)c2ccccc2)cc1. The normalized spacial score (nSPS) is 10.4. The Balaban J connectivity index is 1.64. The van der Waals surface area contributed by atoms with E-state index < -0.39 is 0 Å². The highest BCUT2D eigenvalue weighted by Gasteiger charge is 2.13. The summed E-state index contributed by atoms with van der Waals surface area (Å²) in [5.41, 5.74) is 4.81. The molecule has 2 heteroatoms. The molecule has 0 atom stereocenters. The summed E-state index contributed by atoms with van der Waals surface area (Å²) in [5.74, 6) is 0. The lowest BCUT2D eigenvalue weighted by Crippen LogP contribution is -2.30. The van der Waals surface area contributed by atoms with Crippen molar-refractivity contribution in [1.29, 1.82) is 0 Å². The van der Waals surface area contributed by atoms with Crippen LogP contribution < -0.4 is 9.80 Å². The van der Waals surface area contributed by atoms with Crippen molar-refractivity contribution < 1.29 is 0 Å². The Bertz CT molecular complexity index is 792. The van der Waals surface area contributed by atoms with Gasteiger partial charge in [-0.3, -0.25) is 0 Å². The molecule has 0 aliphatic heterocycles. The number of rotatable bonds is 7. The Morgan fingerprint density at radius 3 is 0.750 bits per heavy atom. The van der Waals surface area contributed by atoms with Crippen LogP contribution in [0.3, 0.4) is 0 Å². The molecule has 0 fully saturated rings. The van der Waals surface area contributed by atoms with Crippen LogP contribution >= 0.6 is 0 Å². The van der Waals surface area contributed by atoms with E-state index in [1.807, 2.05) is 0 Å². The van der Waals surface area contributed by atoms with Crippen LogP contribution in [0.1, 0.15) is 0 Å². The number of benzene rings is 4. The van der Waals surface area contributed by atoms with Gasteiger partial charge in [0, 0.05) is 35.8 Å². The molecule has 0 heterocycles. The van der Waals surface area contributed by atoms with Gasteiger partial charge in [0.15, 0.2) is 0 Å². The number of para-hydroxylation sites is 4. The topological polar surface area (TPSA) is 6.48 Å². The number of hydrogen-bond donors (Lipinski definition) is 0. The third kappa shape index (κ3) is 4.24. The molecule has 0 N–H and O–H groups in total. The van der Waals surface area contributed by atoms with Gasteiger partial charge in [0.05, 0.1) is 0 Å². The first-order chi connectivity index (χ1) is 13.9.